The summed E-state index contributed by atoms with van der Waals surface area (Å²) >= 11 is 0. The summed E-state index contributed by atoms with van der Waals surface area (Å²) in [6.45, 7) is -0.486. The van der Waals surface area contributed by atoms with Crippen molar-refractivity contribution in [3.8, 4) is 172 Å². The Morgan fingerprint density at radius 1 is 0.306 bits per heavy atom. The monoisotopic (exact) mass is 2020 g/mol. The predicted octanol–water partition coefficient (Wildman–Crippen LogP) is 8.04. The van der Waals surface area contributed by atoms with Gasteiger partial charge in [-0.25, -0.2) is 47.9 Å². The van der Waals surface area contributed by atoms with Crippen LogP contribution in [0.25, 0.3) is 0 Å². The van der Waals surface area contributed by atoms with E-state index in [0.29, 0.717) is 152 Å². The van der Waals surface area contributed by atoms with E-state index in [-0.39, 0.29) is 6.61 Å². The van der Waals surface area contributed by atoms with Crippen LogP contribution in [0, 0.1) is 0 Å². The second kappa shape index (κ2) is 43.7. The second-order valence-electron chi connectivity index (χ2n) is 29.8. The number of ether oxygens (including phenoxy) is 12. The molecule has 0 unspecified atom stereocenters. The Bertz CT molecular complexity index is 6850. The molecule has 11 aromatic carbocycles. The van der Waals surface area contributed by atoms with Crippen molar-refractivity contribution in [2.75, 3.05) is 33.5 Å². The van der Waals surface area contributed by atoms with Crippen LogP contribution in [0.15, 0.2) is 151 Å². The number of oxime groups is 1. The number of carbonyl (C=O) groups is 10. The number of benzene rings is 11. The van der Waals surface area contributed by atoms with E-state index >= 15 is 14.4 Å². The van der Waals surface area contributed by atoms with Crippen molar-refractivity contribution in [3.63, 3.8) is 0 Å². The summed E-state index contributed by atoms with van der Waals surface area (Å²) in [5.41, 5.74) is -4.02. The molecule has 1 heterocycles. The number of aromatic hydroxyl groups is 25. The van der Waals surface area contributed by atoms with E-state index in [4.69, 9.17) is 67.4 Å². The lowest BCUT2D eigenvalue weighted by atomic mass is 9.97. The van der Waals surface area contributed by atoms with Crippen LogP contribution in [0.4, 0.5) is 13.2 Å². The molecule has 12 rings (SSSR count). The van der Waals surface area contributed by atoms with Gasteiger partial charge < -0.3 is 195 Å². The highest BCUT2D eigenvalue weighted by atomic mass is 19.4. The second-order valence-corrected chi connectivity index (χ2v) is 29.8. The lowest BCUT2D eigenvalue weighted by Gasteiger charge is -2.43. The Kier molecular flexibility index (Phi) is 31.8. The summed E-state index contributed by atoms with van der Waals surface area (Å²) < 4.78 is 103. The predicted molar refractivity (Wildman–Crippen MR) is 462 cm³/mol. The number of hydrogen-bond acceptors (Lipinski definition) is 50. The summed E-state index contributed by atoms with van der Waals surface area (Å²) in [6, 6.07) is 13.5. The summed E-state index contributed by atoms with van der Waals surface area (Å²) in [5, 5.41) is 265. The smallest absolute Gasteiger partial charge is 0.416 e. The first-order valence-corrected chi connectivity index (χ1v) is 40.2. The number of nitrogens with two attached hydrogens (primary N) is 1. The van der Waals surface area contributed by atoms with Gasteiger partial charge >= 0.3 is 65.9 Å². The van der Waals surface area contributed by atoms with E-state index in [1.54, 1.807) is 7.11 Å². The van der Waals surface area contributed by atoms with Crippen molar-refractivity contribution in [2.45, 2.75) is 56.1 Å². The average Bonchev–Trinajstić information content (AvgIpc) is 0.765. The van der Waals surface area contributed by atoms with Gasteiger partial charge in [0.25, 0.3) is 0 Å². The minimum atomic E-state index is -4.34. The normalized spacial score (nSPS) is 14.3. The fourth-order valence-electron chi connectivity index (χ4n) is 12.7. The number of halogens is 3. The molecule has 1 aliphatic heterocycles. The standard InChI is InChI=1S/C76H52O46.C15H21F3N2O2/c77-32-1-22(2-33(78)53(32)92)67(103)113-47-16-27(11-42(87)58(47)97)66(102)112-21-52-63(119-72(108)28-12-43(88)59(98)48(17-28)114-68(104)23-3-34(79)54(93)35(80)4-23)64(120-73(109)29-13-44(89)60(99)49(18-29)115-69(105)24-5-36(81)55(94)37(82)6-24)65(121-74(110)30-14-45(90)61(100)50(19-30)116-70(106)25-7-38(83)56(95)39(84)8-25)76(118-52)122-75(111)31-15-46(91)62(101)51(20-31)117-71(107)26-9-40(85)57(96)41(86)10-26;1-21-10-3-2-4-14(20-22-11-9-19)12-5-7-13(8-6-12)15(16,17)18/h1-20,52,63-65,76-101H,21H2;5-8H,2-4,9-11,19H2,1H3/b;20-14-/t52-,63-,64+,65-,76+;/m1./s1. The number of esters is 10. The summed E-state index contributed by atoms with van der Waals surface area (Å²) in [6.07, 6.45) is -17.2. The molecule has 144 heavy (non-hydrogen) atoms. The molecule has 53 heteroatoms. The number of unbranched alkanes of at least 4 members (excludes halogenated alkanes) is 1. The number of phenolic OH excluding ortho intramolecular Hbond substituents is 25. The van der Waals surface area contributed by atoms with Gasteiger partial charge in [-0.05, 0) is 158 Å². The maximum Gasteiger partial charge on any atom is 0.416 e. The van der Waals surface area contributed by atoms with E-state index in [1.807, 2.05) is 0 Å². The van der Waals surface area contributed by atoms with Gasteiger partial charge in [0.15, 0.2) is 156 Å². The molecule has 27 N–H and O–H groups in total. The van der Waals surface area contributed by atoms with Gasteiger partial charge in [0.05, 0.1) is 66.9 Å². The molecule has 0 aromatic heterocycles. The Balaban J connectivity index is 0.000000793. The largest absolute Gasteiger partial charge is 0.504 e. The van der Waals surface area contributed by atoms with E-state index in [2.05, 4.69) is 5.16 Å². The van der Waals surface area contributed by atoms with Crippen LogP contribution in [0.2, 0.25) is 0 Å². The van der Waals surface area contributed by atoms with Crippen molar-refractivity contribution >= 4 is 65.4 Å². The van der Waals surface area contributed by atoms with Gasteiger partial charge in [-0.1, -0.05) is 17.3 Å². The molecule has 0 saturated carbocycles. The molecule has 0 radical (unpaired) electrons. The van der Waals surface area contributed by atoms with Gasteiger partial charge in [-0.3, -0.25) is 0 Å². The molecular weight excluding hydrogens is 1950 g/mol. The number of methoxy groups -OCH3 is 1. The Morgan fingerprint density at radius 2 is 0.556 bits per heavy atom. The third kappa shape index (κ3) is 24.3. The Hall–Kier alpha value is -19.7. The fraction of sp³-hybridized carbons (Fsp3) is 0.154. The first-order valence-electron chi connectivity index (χ1n) is 40.2. The molecule has 0 spiro atoms. The molecular formula is C91H73F3N2O48. The van der Waals surface area contributed by atoms with E-state index in [9.17, 15) is 174 Å². The Morgan fingerprint density at radius 3 is 0.826 bits per heavy atom. The SMILES string of the molecule is COCCCC/C(=N/OCCN)c1ccc(C(F)(F)F)cc1.O=C(OC[C@H]1O[C@@H](OC(=O)c2cc(O)c(O)c(OC(=O)c3cc(O)c(O)c(O)c3)c2)[C@H](OC(=O)c2cc(O)c(O)c(OC(=O)c3cc(O)c(O)c(O)c3)c2)[C@@H](OC(=O)c2cc(O)c(O)c(OC(=O)c3cc(O)c(O)c(O)c3)c2)[C@@H]1OC(=O)c1cc(O)c(O)c(OC(=O)c2cc(O)c(O)c(O)c2)c1)c1cc(O)c(O)c(OC(=O)c2cc(O)c(O)c(O)c2)c1. The van der Waals surface area contributed by atoms with Crippen LogP contribution in [-0.4, -0.2) is 257 Å². The first kappa shape index (κ1) is 105. The lowest BCUT2D eigenvalue weighted by molar-refractivity contribution is -0.282. The van der Waals surface area contributed by atoms with Crippen LogP contribution in [0.3, 0.4) is 0 Å². The van der Waals surface area contributed by atoms with Crippen molar-refractivity contribution in [2.24, 2.45) is 10.9 Å². The summed E-state index contributed by atoms with van der Waals surface area (Å²) in [4.78, 5) is 147. The van der Waals surface area contributed by atoms with Crippen LogP contribution < -0.4 is 29.4 Å². The van der Waals surface area contributed by atoms with Gasteiger partial charge in [0.1, 0.15) is 19.3 Å². The Labute approximate surface area is 798 Å². The van der Waals surface area contributed by atoms with E-state index in [0.717, 1.165) is 25.0 Å². The molecule has 1 saturated heterocycles. The van der Waals surface area contributed by atoms with E-state index < -0.39 is 337 Å². The van der Waals surface area contributed by atoms with Gasteiger partial charge in [0, 0.05) is 20.3 Å². The van der Waals surface area contributed by atoms with Gasteiger partial charge in [-0.2, -0.15) is 13.2 Å². The van der Waals surface area contributed by atoms with Crippen LogP contribution in [0.1, 0.15) is 134 Å². The van der Waals surface area contributed by atoms with Crippen molar-refractivity contribution in [1.82, 2.24) is 0 Å². The lowest BCUT2D eigenvalue weighted by Crippen LogP contribution is -2.63. The maximum atomic E-state index is 15.3. The van der Waals surface area contributed by atoms with Gasteiger partial charge in [0.2, 0.25) is 41.1 Å². The molecule has 11 aromatic rings. The highest BCUT2D eigenvalue weighted by Crippen LogP contribution is 2.48. The fourth-order valence-corrected chi connectivity index (χ4v) is 12.7. The average molecular weight is 2020 g/mol. The molecule has 5 atom stereocenters. The van der Waals surface area contributed by atoms with Crippen LogP contribution in [0.5, 0.6) is 172 Å². The van der Waals surface area contributed by atoms with Crippen LogP contribution >= 0.6 is 0 Å². The molecule has 1 fully saturated rings. The van der Waals surface area contributed by atoms with Gasteiger partial charge in [-0.15, -0.1) is 0 Å². The topological polar surface area (TPSA) is 835 Å². The summed E-state index contributed by atoms with van der Waals surface area (Å²) in [7, 11) is 1.62. The quantitative estimate of drug-likeness (QED) is 0.00385. The first-order chi connectivity index (χ1) is 67.8. The number of nitrogens with zero attached hydrogens (tertiary/aromatic N) is 1. The number of phenols is 25. The number of carbonyl (C=O) groups excluding carboxylic acids is 10. The third-order valence-corrected chi connectivity index (χ3v) is 19.9. The van der Waals surface area contributed by atoms with Crippen molar-refractivity contribution in [1.29, 1.82) is 0 Å². The number of rotatable bonds is 30. The minimum absolute atomic E-state index is 0.266. The maximum absolute atomic E-state index is 15.3. The van der Waals surface area contributed by atoms with Crippen molar-refractivity contribution in [3.05, 3.63) is 212 Å². The zero-order valence-corrected chi connectivity index (χ0v) is 72.4. The number of alkyl halides is 3. The number of hydrogen-bond donors (Lipinski definition) is 26. The molecule has 756 valence electrons. The zero-order valence-electron chi connectivity index (χ0n) is 72.4. The van der Waals surface area contributed by atoms with Crippen LogP contribution in [-0.2, 0) is 44.2 Å². The molecule has 1 aliphatic rings. The molecule has 0 amide bonds. The molecule has 50 nitrogen and oxygen atoms in total. The molecule has 0 bridgehead atoms. The van der Waals surface area contributed by atoms with Crippen molar-refractivity contribution < 1.29 is 250 Å². The summed E-state index contributed by atoms with van der Waals surface area (Å²) in [5.74, 6) is -56.0. The minimum Gasteiger partial charge on any atom is -0.504 e. The van der Waals surface area contributed by atoms with E-state index in [1.165, 1.54) is 12.1 Å². The highest BCUT2D eigenvalue weighted by molar-refractivity contribution is 6.02. The zero-order chi connectivity index (χ0) is 106. The highest BCUT2D eigenvalue weighted by Gasteiger charge is 2.55. The third-order valence-electron chi connectivity index (χ3n) is 19.9. The molecule has 0 aliphatic carbocycles.